The second-order valence-corrected chi connectivity index (χ2v) is 7.42. The van der Waals surface area contributed by atoms with Gasteiger partial charge in [0.1, 0.15) is 0 Å². The van der Waals surface area contributed by atoms with E-state index in [1.54, 1.807) is 0 Å². The van der Waals surface area contributed by atoms with E-state index in [-0.39, 0.29) is 24.5 Å². The number of thioether (sulfide) groups is 1. The van der Waals surface area contributed by atoms with Crippen molar-refractivity contribution < 1.29 is 18.7 Å². The van der Waals surface area contributed by atoms with Crippen molar-refractivity contribution in [2.45, 2.75) is 18.2 Å². The van der Waals surface area contributed by atoms with Gasteiger partial charge in [0.15, 0.2) is 11.5 Å². The van der Waals surface area contributed by atoms with E-state index in [1.807, 2.05) is 42.6 Å². The van der Waals surface area contributed by atoms with Gasteiger partial charge in [0, 0.05) is 0 Å². The largest absolute Gasteiger partial charge is 0.454 e. The number of fused-ring (bicyclic) bond motifs is 1. The smallest absolute Gasteiger partial charge is 0.277 e. The van der Waals surface area contributed by atoms with Gasteiger partial charge in [-0.3, -0.25) is 4.79 Å². The number of amides is 1. The number of hydrogen-bond donors (Lipinski definition) is 1. The number of carbonyl (C=O) groups is 1. The van der Waals surface area contributed by atoms with Crippen LogP contribution >= 0.6 is 23.1 Å². The summed E-state index contributed by atoms with van der Waals surface area (Å²) in [5, 5.41) is 13.2. The number of aromatic nitrogens is 2. The molecule has 2 aromatic heterocycles. The van der Waals surface area contributed by atoms with Crippen molar-refractivity contribution in [2.75, 3.05) is 12.5 Å². The Morgan fingerprint density at radius 2 is 2.19 bits per heavy atom. The zero-order valence-electron chi connectivity index (χ0n) is 13.8. The lowest BCUT2D eigenvalue weighted by Gasteiger charge is -2.14. The predicted molar refractivity (Wildman–Crippen MR) is 97.5 cm³/mol. The van der Waals surface area contributed by atoms with Gasteiger partial charge in [-0.2, -0.15) is 0 Å². The van der Waals surface area contributed by atoms with Crippen molar-refractivity contribution >= 4 is 29.0 Å². The van der Waals surface area contributed by atoms with E-state index in [1.165, 1.54) is 23.1 Å². The van der Waals surface area contributed by atoms with Gasteiger partial charge in [0.05, 0.1) is 16.7 Å². The fourth-order valence-electron chi connectivity index (χ4n) is 2.44. The van der Waals surface area contributed by atoms with Crippen LogP contribution in [0.5, 0.6) is 11.5 Å². The van der Waals surface area contributed by atoms with Gasteiger partial charge in [-0.1, -0.05) is 23.9 Å². The fourth-order valence-corrected chi connectivity index (χ4v) is 3.66. The van der Waals surface area contributed by atoms with E-state index in [4.69, 9.17) is 13.9 Å². The first-order valence-corrected chi connectivity index (χ1v) is 9.74. The van der Waals surface area contributed by atoms with Crippen molar-refractivity contribution in [3.63, 3.8) is 0 Å². The summed E-state index contributed by atoms with van der Waals surface area (Å²) >= 11 is 2.74. The van der Waals surface area contributed by atoms with E-state index >= 15 is 0 Å². The highest BCUT2D eigenvalue weighted by atomic mass is 32.2. The number of rotatable bonds is 6. The molecule has 1 aromatic carbocycles. The summed E-state index contributed by atoms with van der Waals surface area (Å²) in [6.45, 7) is 2.15. The molecule has 1 aliphatic rings. The number of benzene rings is 1. The SMILES string of the molecule is C[C@@H](NC(=O)CSc1nnc(-c2cccs2)o1)c1ccc2c(c1)OCO2. The number of ether oxygens (including phenoxy) is 2. The van der Waals surface area contributed by atoms with Crippen molar-refractivity contribution in [3.05, 3.63) is 41.3 Å². The number of hydrogen-bond acceptors (Lipinski definition) is 8. The second kappa shape index (κ2) is 7.38. The zero-order valence-corrected chi connectivity index (χ0v) is 15.4. The number of nitrogens with one attached hydrogen (secondary N) is 1. The molecule has 0 spiro atoms. The van der Waals surface area contributed by atoms with E-state index < -0.39 is 0 Å². The van der Waals surface area contributed by atoms with Crippen molar-refractivity contribution in [2.24, 2.45) is 0 Å². The van der Waals surface area contributed by atoms with E-state index in [9.17, 15) is 4.79 Å². The molecule has 1 atom stereocenters. The van der Waals surface area contributed by atoms with Crippen molar-refractivity contribution in [3.8, 4) is 22.3 Å². The molecule has 1 N–H and O–H groups in total. The Labute approximate surface area is 157 Å². The lowest BCUT2D eigenvalue weighted by Crippen LogP contribution is -2.28. The molecule has 134 valence electrons. The third-order valence-corrected chi connectivity index (χ3v) is 5.42. The minimum absolute atomic E-state index is 0.115. The third-order valence-electron chi connectivity index (χ3n) is 3.74. The van der Waals surface area contributed by atoms with Gasteiger partial charge in [0.25, 0.3) is 11.1 Å². The van der Waals surface area contributed by atoms with Gasteiger partial charge in [0.2, 0.25) is 12.7 Å². The van der Waals surface area contributed by atoms with Crippen molar-refractivity contribution in [1.82, 2.24) is 15.5 Å². The highest BCUT2D eigenvalue weighted by Crippen LogP contribution is 2.34. The van der Waals surface area contributed by atoms with Gasteiger partial charge in [-0.15, -0.1) is 21.5 Å². The maximum Gasteiger partial charge on any atom is 0.277 e. The minimum atomic E-state index is -0.151. The Morgan fingerprint density at radius 3 is 3.04 bits per heavy atom. The summed E-state index contributed by atoms with van der Waals surface area (Å²) in [6, 6.07) is 9.32. The van der Waals surface area contributed by atoms with E-state index in [0.29, 0.717) is 16.9 Å². The maximum absolute atomic E-state index is 12.2. The Hall–Kier alpha value is -2.52. The molecule has 0 fully saturated rings. The molecular formula is C17H15N3O4S2. The molecule has 3 heterocycles. The predicted octanol–water partition coefficient (Wildman–Crippen LogP) is 3.50. The van der Waals surface area contributed by atoms with Gasteiger partial charge in [-0.25, -0.2) is 0 Å². The van der Waals surface area contributed by atoms with Crippen LogP contribution in [0.2, 0.25) is 0 Å². The topological polar surface area (TPSA) is 86.5 Å². The summed E-state index contributed by atoms with van der Waals surface area (Å²) in [6.07, 6.45) is 0. The fraction of sp³-hybridized carbons (Fsp3) is 0.235. The first kappa shape index (κ1) is 16.9. The summed E-state index contributed by atoms with van der Waals surface area (Å²) in [4.78, 5) is 13.1. The standard InChI is InChI=1S/C17H15N3O4S2/c1-10(11-4-5-12-13(7-11)23-9-22-12)18-15(21)8-26-17-20-19-16(24-17)14-3-2-6-25-14/h2-7,10H,8-9H2,1H3,(H,18,21)/t10-/m1/s1. The quantitative estimate of drug-likeness (QED) is 0.646. The van der Waals surface area contributed by atoms with Crippen LogP contribution in [0.15, 0.2) is 45.4 Å². The van der Waals surface area contributed by atoms with Crippen LogP contribution in [0, 0.1) is 0 Å². The molecular weight excluding hydrogens is 374 g/mol. The Balaban J connectivity index is 1.31. The van der Waals surface area contributed by atoms with Gasteiger partial charge in [-0.05, 0) is 36.1 Å². The molecule has 3 aromatic rings. The van der Waals surface area contributed by atoms with E-state index in [0.717, 1.165) is 16.2 Å². The number of carbonyl (C=O) groups excluding carboxylic acids is 1. The van der Waals surface area contributed by atoms with Gasteiger partial charge < -0.3 is 19.2 Å². The van der Waals surface area contributed by atoms with E-state index in [2.05, 4.69) is 15.5 Å². The van der Waals surface area contributed by atoms with Crippen molar-refractivity contribution in [1.29, 1.82) is 0 Å². The monoisotopic (exact) mass is 389 g/mol. The molecule has 0 radical (unpaired) electrons. The van der Waals surface area contributed by atoms with Crippen LogP contribution < -0.4 is 14.8 Å². The number of nitrogens with zero attached hydrogens (tertiary/aromatic N) is 2. The molecule has 9 heteroatoms. The molecule has 0 saturated heterocycles. The molecule has 7 nitrogen and oxygen atoms in total. The minimum Gasteiger partial charge on any atom is -0.454 e. The highest BCUT2D eigenvalue weighted by Gasteiger charge is 2.17. The molecule has 0 bridgehead atoms. The molecule has 26 heavy (non-hydrogen) atoms. The van der Waals surface area contributed by atoms with Crippen LogP contribution in [-0.2, 0) is 4.79 Å². The Bertz CT molecular complexity index is 911. The first-order valence-electron chi connectivity index (χ1n) is 7.88. The number of thiophene rings is 1. The molecule has 1 amide bonds. The first-order chi connectivity index (χ1) is 12.7. The van der Waals surface area contributed by atoms with Crippen LogP contribution in [0.4, 0.5) is 0 Å². The molecule has 0 aliphatic carbocycles. The second-order valence-electron chi connectivity index (χ2n) is 5.54. The third kappa shape index (κ3) is 3.68. The zero-order chi connectivity index (χ0) is 17.9. The Morgan fingerprint density at radius 1 is 1.31 bits per heavy atom. The maximum atomic E-state index is 12.2. The average Bonchev–Trinajstić information content (AvgIpc) is 3.40. The summed E-state index contributed by atoms with van der Waals surface area (Å²) < 4.78 is 16.2. The molecule has 1 aliphatic heterocycles. The lowest BCUT2D eigenvalue weighted by molar-refractivity contribution is -0.119. The summed E-state index contributed by atoms with van der Waals surface area (Å²) in [5.74, 6) is 1.97. The molecule has 0 saturated carbocycles. The Kier molecular flexibility index (Phi) is 4.81. The molecule has 4 rings (SSSR count). The van der Waals surface area contributed by atoms with Crippen LogP contribution in [0.1, 0.15) is 18.5 Å². The van der Waals surface area contributed by atoms with Crippen LogP contribution in [0.3, 0.4) is 0 Å². The molecule has 0 unspecified atom stereocenters. The summed E-state index contributed by atoms with van der Waals surface area (Å²) in [5.41, 5.74) is 0.949. The van der Waals surface area contributed by atoms with Crippen LogP contribution in [0.25, 0.3) is 10.8 Å². The normalized spacial score (nSPS) is 13.6. The van der Waals surface area contributed by atoms with Crippen LogP contribution in [-0.4, -0.2) is 28.7 Å². The van der Waals surface area contributed by atoms with Gasteiger partial charge >= 0.3 is 0 Å². The average molecular weight is 389 g/mol. The highest BCUT2D eigenvalue weighted by molar-refractivity contribution is 7.99. The summed E-state index contributed by atoms with van der Waals surface area (Å²) in [7, 11) is 0. The lowest BCUT2D eigenvalue weighted by atomic mass is 10.1.